The van der Waals surface area contributed by atoms with Crippen molar-refractivity contribution in [2.24, 2.45) is 5.73 Å². The molecular weight excluding hydrogens is 299 g/mol. The predicted octanol–water partition coefficient (Wildman–Crippen LogP) is 2.35. The highest BCUT2D eigenvalue weighted by Gasteiger charge is 2.14. The van der Waals surface area contributed by atoms with Crippen LogP contribution in [0.2, 0.25) is 0 Å². The average Bonchev–Trinajstić information content (AvgIpc) is 2.52. The molecule has 0 radical (unpaired) electrons. The fourth-order valence-electron chi connectivity index (χ4n) is 1.99. The van der Waals surface area contributed by atoms with E-state index >= 15 is 0 Å². The maximum atomic E-state index is 14.0. The summed E-state index contributed by atoms with van der Waals surface area (Å²) in [6.45, 7) is -0.0746. The van der Waals surface area contributed by atoms with Crippen LogP contribution in [0.1, 0.15) is 26.3 Å². The van der Waals surface area contributed by atoms with Crippen molar-refractivity contribution in [2.75, 3.05) is 19.0 Å². The van der Waals surface area contributed by atoms with Gasteiger partial charge in [0, 0.05) is 25.3 Å². The molecule has 0 fully saturated rings. The van der Waals surface area contributed by atoms with Gasteiger partial charge in [-0.2, -0.15) is 0 Å². The number of amides is 1. The molecule has 0 aliphatic rings. The van der Waals surface area contributed by atoms with E-state index in [1.54, 1.807) is 43.3 Å². The first-order valence-electron chi connectivity index (χ1n) is 6.91. The number of benzene rings is 2. The van der Waals surface area contributed by atoms with Crippen molar-refractivity contribution in [3.63, 3.8) is 0 Å². The van der Waals surface area contributed by atoms with E-state index in [1.165, 1.54) is 18.2 Å². The molecule has 5 nitrogen and oxygen atoms in total. The van der Waals surface area contributed by atoms with Gasteiger partial charge in [0.15, 0.2) is 0 Å². The number of carbonyl (C=O) groups is 2. The van der Waals surface area contributed by atoms with Crippen molar-refractivity contribution in [3.05, 3.63) is 65.0 Å². The van der Waals surface area contributed by atoms with Gasteiger partial charge in [0.25, 0.3) is 0 Å². The summed E-state index contributed by atoms with van der Waals surface area (Å²) in [4.78, 5) is 24.8. The van der Waals surface area contributed by atoms with E-state index in [0.29, 0.717) is 16.8 Å². The Kier molecular flexibility index (Phi) is 4.95. The number of primary amides is 1. The van der Waals surface area contributed by atoms with Crippen LogP contribution in [-0.2, 0) is 11.3 Å². The van der Waals surface area contributed by atoms with Crippen molar-refractivity contribution >= 4 is 17.6 Å². The lowest BCUT2D eigenvalue weighted by Crippen LogP contribution is -2.13. The maximum Gasteiger partial charge on any atom is 0.341 e. The van der Waals surface area contributed by atoms with E-state index in [-0.39, 0.29) is 12.2 Å². The number of hydrogen-bond acceptors (Lipinski definition) is 4. The fraction of sp³-hybridized carbons (Fsp3) is 0.176. The van der Waals surface area contributed by atoms with Crippen LogP contribution in [-0.4, -0.2) is 26.0 Å². The number of esters is 1. The first-order chi connectivity index (χ1) is 10.9. The number of ether oxygens (including phenoxy) is 1. The molecule has 0 bridgehead atoms. The Labute approximate surface area is 133 Å². The minimum absolute atomic E-state index is 0.0746. The average molecular weight is 316 g/mol. The Morgan fingerprint density at radius 2 is 1.91 bits per heavy atom. The number of rotatable bonds is 5. The van der Waals surface area contributed by atoms with Crippen molar-refractivity contribution in [2.45, 2.75) is 6.61 Å². The molecule has 0 saturated carbocycles. The molecule has 2 N–H and O–H groups in total. The summed E-state index contributed by atoms with van der Waals surface area (Å²) in [5.74, 6) is -1.98. The van der Waals surface area contributed by atoms with Crippen LogP contribution in [0.25, 0.3) is 0 Å². The molecule has 2 rings (SSSR count). The van der Waals surface area contributed by atoms with E-state index in [0.717, 1.165) is 0 Å². The second-order valence-corrected chi connectivity index (χ2v) is 5.20. The molecule has 0 aliphatic heterocycles. The summed E-state index contributed by atoms with van der Waals surface area (Å²) < 4.78 is 19.1. The Bertz CT molecular complexity index is 744. The number of carbonyl (C=O) groups excluding carboxylic acids is 2. The van der Waals surface area contributed by atoms with Gasteiger partial charge in [-0.25, -0.2) is 9.18 Å². The maximum absolute atomic E-state index is 14.0. The smallest absolute Gasteiger partial charge is 0.341 e. The highest BCUT2D eigenvalue weighted by Crippen LogP contribution is 2.18. The number of nitrogens with two attached hydrogens (primary N) is 1. The zero-order valence-electron chi connectivity index (χ0n) is 12.9. The topological polar surface area (TPSA) is 72.6 Å². The number of anilines is 1. The summed E-state index contributed by atoms with van der Waals surface area (Å²) in [6, 6.07) is 10.7. The summed E-state index contributed by atoms with van der Waals surface area (Å²) in [5.41, 5.74) is 6.61. The van der Waals surface area contributed by atoms with Crippen LogP contribution in [0.15, 0.2) is 42.5 Å². The van der Waals surface area contributed by atoms with Gasteiger partial charge < -0.3 is 15.4 Å². The van der Waals surface area contributed by atoms with Gasteiger partial charge in [-0.3, -0.25) is 4.79 Å². The number of halogens is 1. The molecule has 0 spiro atoms. The third kappa shape index (κ3) is 4.06. The third-order valence-electron chi connectivity index (χ3n) is 3.27. The van der Waals surface area contributed by atoms with Crippen LogP contribution in [0, 0.1) is 5.82 Å². The van der Waals surface area contributed by atoms with Gasteiger partial charge in [-0.05, 0) is 35.9 Å². The van der Waals surface area contributed by atoms with Crippen LogP contribution in [0.5, 0.6) is 0 Å². The molecule has 120 valence electrons. The summed E-state index contributed by atoms with van der Waals surface area (Å²) >= 11 is 0. The Morgan fingerprint density at radius 1 is 1.17 bits per heavy atom. The normalized spacial score (nSPS) is 10.2. The van der Waals surface area contributed by atoms with E-state index < -0.39 is 17.7 Å². The second-order valence-electron chi connectivity index (χ2n) is 5.20. The molecule has 23 heavy (non-hydrogen) atoms. The number of nitrogens with zero attached hydrogens (tertiary/aromatic N) is 1. The fourth-order valence-corrected chi connectivity index (χ4v) is 1.99. The van der Waals surface area contributed by atoms with Gasteiger partial charge >= 0.3 is 5.97 Å². The van der Waals surface area contributed by atoms with Crippen LogP contribution in [0.4, 0.5) is 10.1 Å². The first-order valence-corrected chi connectivity index (χ1v) is 6.91. The highest BCUT2D eigenvalue weighted by molar-refractivity contribution is 5.93. The summed E-state index contributed by atoms with van der Waals surface area (Å²) in [6.07, 6.45) is 0. The Morgan fingerprint density at radius 3 is 2.52 bits per heavy atom. The lowest BCUT2D eigenvalue weighted by atomic mass is 10.1. The standard InChI is InChI=1S/C17H17FN2O3/c1-20(2)13-6-7-14(15(18)9-13)17(22)23-10-11-4-3-5-12(8-11)16(19)21/h3-9H,10H2,1-2H3,(H2,19,21). The lowest BCUT2D eigenvalue weighted by Gasteiger charge is -2.13. The van der Waals surface area contributed by atoms with Crippen molar-refractivity contribution in [1.82, 2.24) is 0 Å². The van der Waals surface area contributed by atoms with Crippen LogP contribution < -0.4 is 10.6 Å². The monoisotopic (exact) mass is 316 g/mol. The molecule has 2 aromatic carbocycles. The SMILES string of the molecule is CN(C)c1ccc(C(=O)OCc2cccc(C(N)=O)c2)c(F)c1. The molecule has 0 saturated heterocycles. The van der Waals surface area contributed by atoms with E-state index in [1.807, 2.05) is 0 Å². The van der Waals surface area contributed by atoms with E-state index in [9.17, 15) is 14.0 Å². The molecule has 0 aromatic heterocycles. The zero-order valence-corrected chi connectivity index (χ0v) is 12.9. The number of hydrogen-bond donors (Lipinski definition) is 1. The van der Waals surface area contributed by atoms with Gasteiger partial charge in [0.05, 0.1) is 5.56 Å². The summed E-state index contributed by atoms with van der Waals surface area (Å²) in [5, 5.41) is 0. The molecule has 6 heteroatoms. The van der Waals surface area contributed by atoms with Crippen LogP contribution >= 0.6 is 0 Å². The van der Waals surface area contributed by atoms with Gasteiger partial charge in [0.1, 0.15) is 12.4 Å². The van der Waals surface area contributed by atoms with Gasteiger partial charge in [0.2, 0.25) is 5.91 Å². The minimum Gasteiger partial charge on any atom is -0.457 e. The van der Waals surface area contributed by atoms with Gasteiger partial charge in [-0.15, -0.1) is 0 Å². The van der Waals surface area contributed by atoms with Gasteiger partial charge in [-0.1, -0.05) is 12.1 Å². The van der Waals surface area contributed by atoms with Crippen LogP contribution in [0.3, 0.4) is 0 Å². The minimum atomic E-state index is -0.766. The summed E-state index contributed by atoms with van der Waals surface area (Å²) in [7, 11) is 3.55. The predicted molar refractivity (Wildman–Crippen MR) is 84.8 cm³/mol. The molecule has 0 aliphatic carbocycles. The molecule has 1 amide bonds. The molecule has 0 heterocycles. The Hall–Kier alpha value is -2.89. The first kappa shape index (κ1) is 16.5. The molecular formula is C17H17FN2O3. The van der Waals surface area contributed by atoms with E-state index in [4.69, 9.17) is 10.5 Å². The zero-order chi connectivity index (χ0) is 17.0. The second kappa shape index (κ2) is 6.91. The van der Waals surface area contributed by atoms with Crippen molar-refractivity contribution in [3.8, 4) is 0 Å². The molecule has 0 unspecified atom stereocenters. The Balaban J connectivity index is 2.08. The quantitative estimate of drug-likeness (QED) is 0.859. The van der Waals surface area contributed by atoms with Crippen molar-refractivity contribution < 1.29 is 18.7 Å². The largest absolute Gasteiger partial charge is 0.457 e. The third-order valence-corrected chi connectivity index (χ3v) is 3.27. The lowest BCUT2D eigenvalue weighted by molar-refractivity contribution is 0.0467. The highest BCUT2D eigenvalue weighted by atomic mass is 19.1. The molecule has 2 aromatic rings. The van der Waals surface area contributed by atoms with Crippen molar-refractivity contribution in [1.29, 1.82) is 0 Å². The molecule has 0 atom stereocenters. The van der Waals surface area contributed by atoms with E-state index in [2.05, 4.69) is 0 Å².